The molecule has 104 valence electrons. The molecule has 0 bridgehead atoms. The number of amides is 1. The van der Waals surface area contributed by atoms with Crippen molar-refractivity contribution in [2.45, 2.75) is 19.8 Å². The second-order valence-electron chi connectivity index (χ2n) is 4.82. The summed E-state index contributed by atoms with van der Waals surface area (Å²) in [5.41, 5.74) is 2.49. The van der Waals surface area contributed by atoms with Gasteiger partial charge in [-0.15, -0.1) is 0 Å². The van der Waals surface area contributed by atoms with E-state index in [1.807, 2.05) is 24.3 Å². The van der Waals surface area contributed by atoms with E-state index in [0.717, 1.165) is 0 Å². The van der Waals surface area contributed by atoms with E-state index in [1.54, 1.807) is 25.4 Å². The van der Waals surface area contributed by atoms with Crippen molar-refractivity contribution in [3.63, 3.8) is 0 Å². The van der Waals surface area contributed by atoms with E-state index in [-0.39, 0.29) is 5.91 Å². The lowest BCUT2D eigenvalue weighted by molar-refractivity contribution is 0.102. The molecule has 0 aliphatic rings. The molecule has 1 amide bonds. The molecule has 20 heavy (non-hydrogen) atoms. The average molecular weight is 270 g/mol. The number of pyridine rings is 1. The zero-order valence-electron chi connectivity index (χ0n) is 11.9. The van der Waals surface area contributed by atoms with Crippen LogP contribution in [0.2, 0.25) is 0 Å². The van der Waals surface area contributed by atoms with Crippen LogP contribution in [0.5, 0.6) is 5.88 Å². The number of nitrogens with zero attached hydrogens (tertiary/aromatic N) is 1. The third kappa shape index (κ3) is 3.35. The minimum Gasteiger partial charge on any atom is -0.481 e. The highest BCUT2D eigenvalue weighted by Crippen LogP contribution is 2.16. The van der Waals surface area contributed by atoms with Crippen molar-refractivity contribution in [3.05, 3.63) is 53.7 Å². The highest BCUT2D eigenvalue weighted by Gasteiger charge is 2.07. The van der Waals surface area contributed by atoms with Crippen LogP contribution in [-0.2, 0) is 0 Å². The van der Waals surface area contributed by atoms with E-state index < -0.39 is 0 Å². The van der Waals surface area contributed by atoms with Gasteiger partial charge in [0.05, 0.1) is 19.0 Å². The third-order valence-electron chi connectivity index (χ3n) is 3.04. The van der Waals surface area contributed by atoms with Crippen LogP contribution in [0.15, 0.2) is 42.6 Å². The molecule has 2 aromatic rings. The first-order chi connectivity index (χ1) is 9.60. The van der Waals surface area contributed by atoms with Crippen LogP contribution in [-0.4, -0.2) is 18.0 Å². The van der Waals surface area contributed by atoms with E-state index in [4.69, 9.17) is 4.74 Å². The Morgan fingerprint density at radius 1 is 1.15 bits per heavy atom. The first kappa shape index (κ1) is 14.1. The minimum atomic E-state index is -0.146. The maximum absolute atomic E-state index is 12.1. The van der Waals surface area contributed by atoms with Crippen LogP contribution in [0.4, 0.5) is 5.69 Å². The Balaban J connectivity index is 2.07. The summed E-state index contributed by atoms with van der Waals surface area (Å²) < 4.78 is 4.97. The van der Waals surface area contributed by atoms with Gasteiger partial charge in [-0.2, -0.15) is 0 Å². The maximum atomic E-state index is 12.1. The Morgan fingerprint density at radius 3 is 2.35 bits per heavy atom. The van der Waals surface area contributed by atoms with Gasteiger partial charge in [0, 0.05) is 11.6 Å². The molecule has 1 heterocycles. The summed E-state index contributed by atoms with van der Waals surface area (Å²) in [5, 5.41) is 2.80. The molecule has 0 aliphatic carbocycles. The normalized spacial score (nSPS) is 10.4. The molecule has 4 nitrogen and oxygen atoms in total. The van der Waals surface area contributed by atoms with Crippen molar-refractivity contribution < 1.29 is 9.53 Å². The monoisotopic (exact) mass is 270 g/mol. The second kappa shape index (κ2) is 6.19. The molecule has 2 rings (SSSR count). The number of methoxy groups -OCH3 is 1. The summed E-state index contributed by atoms with van der Waals surface area (Å²) in [6, 6.07) is 11.1. The molecule has 0 saturated carbocycles. The molecule has 0 radical (unpaired) electrons. The molecular formula is C16H18N2O2. The van der Waals surface area contributed by atoms with Crippen LogP contribution < -0.4 is 10.1 Å². The highest BCUT2D eigenvalue weighted by atomic mass is 16.5. The van der Waals surface area contributed by atoms with Crippen molar-refractivity contribution in [1.82, 2.24) is 4.98 Å². The zero-order chi connectivity index (χ0) is 14.5. The Bertz CT molecular complexity index is 574. The fourth-order valence-corrected chi connectivity index (χ4v) is 1.80. The number of hydrogen-bond donors (Lipinski definition) is 1. The van der Waals surface area contributed by atoms with Crippen molar-refractivity contribution in [2.24, 2.45) is 0 Å². The fourth-order valence-electron chi connectivity index (χ4n) is 1.80. The average Bonchev–Trinajstić information content (AvgIpc) is 2.48. The van der Waals surface area contributed by atoms with Crippen LogP contribution >= 0.6 is 0 Å². The molecule has 0 fully saturated rings. The number of anilines is 1. The van der Waals surface area contributed by atoms with Crippen molar-refractivity contribution in [3.8, 4) is 5.88 Å². The van der Waals surface area contributed by atoms with E-state index in [2.05, 4.69) is 24.1 Å². The summed E-state index contributed by atoms with van der Waals surface area (Å²) in [6.45, 7) is 4.25. The van der Waals surface area contributed by atoms with Gasteiger partial charge >= 0.3 is 0 Å². The molecule has 4 heteroatoms. The molecular weight excluding hydrogens is 252 g/mol. The highest BCUT2D eigenvalue weighted by molar-refractivity contribution is 6.04. The number of rotatable bonds is 4. The van der Waals surface area contributed by atoms with Gasteiger partial charge in [-0.05, 0) is 29.7 Å². The van der Waals surface area contributed by atoms with E-state index in [1.165, 1.54) is 5.56 Å². The maximum Gasteiger partial charge on any atom is 0.255 e. The Hall–Kier alpha value is -2.36. The van der Waals surface area contributed by atoms with Crippen molar-refractivity contribution >= 4 is 11.6 Å². The van der Waals surface area contributed by atoms with Crippen LogP contribution in [0.25, 0.3) is 0 Å². The number of benzene rings is 1. The second-order valence-corrected chi connectivity index (χ2v) is 4.82. The Labute approximate surface area is 118 Å². The van der Waals surface area contributed by atoms with Gasteiger partial charge in [-0.25, -0.2) is 4.98 Å². The molecule has 0 aliphatic heterocycles. The molecule has 0 atom stereocenters. The minimum absolute atomic E-state index is 0.146. The molecule has 1 N–H and O–H groups in total. The fraction of sp³-hybridized carbons (Fsp3) is 0.250. The first-order valence-electron chi connectivity index (χ1n) is 6.51. The predicted molar refractivity (Wildman–Crippen MR) is 79.3 cm³/mol. The Kier molecular flexibility index (Phi) is 4.35. The third-order valence-corrected chi connectivity index (χ3v) is 3.04. The molecule has 0 spiro atoms. The lowest BCUT2D eigenvalue weighted by Crippen LogP contribution is -2.12. The zero-order valence-corrected chi connectivity index (χ0v) is 11.9. The first-order valence-corrected chi connectivity index (χ1v) is 6.51. The van der Waals surface area contributed by atoms with Crippen molar-refractivity contribution in [1.29, 1.82) is 0 Å². The summed E-state index contributed by atoms with van der Waals surface area (Å²) in [4.78, 5) is 16.1. The number of carbonyl (C=O) groups is 1. The number of aromatic nitrogens is 1. The number of hydrogen-bond acceptors (Lipinski definition) is 3. The van der Waals surface area contributed by atoms with E-state index >= 15 is 0 Å². The molecule has 0 unspecified atom stereocenters. The smallest absolute Gasteiger partial charge is 0.255 e. The van der Waals surface area contributed by atoms with Crippen LogP contribution in [0.1, 0.15) is 35.7 Å². The molecule has 1 aromatic carbocycles. The number of ether oxygens (including phenoxy) is 1. The van der Waals surface area contributed by atoms with E-state index in [9.17, 15) is 4.79 Å². The van der Waals surface area contributed by atoms with Crippen molar-refractivity contribution in [2.75, 3.05) is 12.4 Å². The van der Waals surface area contributed by atoms with Gasteiger partial charge < -0.3 is 10.1 Å². The van der Waals surface area contributed by atoms with Gasteiger partial charge in [0.25, 0.3) is 5.91 Å². The predicted octanol–water partition coefficient (Wildman–Crippen LogP) is 3.47. The summed E-state index contributed by atoms with van der Waals surface area (Å²) in [5.74, 6) is 0.828. The lowest BCUT2D eigenvalue weighted by atomic mass is 10.0. The van der Waals surface area contributed by atoms with Crippen LogP contribution in [0.3, 0.4) is 0 Å². The van der Waals surface area contributed by atoms with Gasteiger partial charge in [-0.3, -0.25) is 4.79 Å². The quantitative estimate of drug-likeness (QED) is 0.925. The topological polar surface area (TPSA) is 51.2 Å². The molecule has 0 saturated heterocycles. The largest absolute Gasteiger partial charge is 0.481 e. The Morgan fingerprint density at radius 2 is 1.85 bits per heavy atom. The lowest BCUT2D eigenvalue weighted by Gasteiger charge is -2.08. The number of carbonyl (C=O) groups excluding carboxylic acids is 1. The van der Waals surface area contributed by atoms with Gasteiger partial charge in [0.15, 0.2) is 0 Å². The van der Waals surface area contributed by atoms with Gasteiger partial charge in [0.1, 0.15) is 0 Å². The van der Waals surface area contributed by atoms with Gasteiger partial charge in [0.2, 0.25) is 5.88 Å². The van der Waals surface area contributed by atoms with Crippen LogP contribution in [0, 0.1) is 0 Å². The summed E-state index contributed by atoms with van der Waals surface area (Å²) in [6.07, 6.45) is 1.57. The standard InChI is InChI=1S/C16H18N2O2/c1-11(2)12-4-6-13(7-5-12)16(19)18-14-8-9-15(20-3)17-10-14/h4-11H,1-3H3,(H,18,19). The summed E-state index contributed by atoms with van der Waals surface area (Å²) >= 11 is 0. The summed E-state index contributed by atoms with van der Waals surface area (Å²) in [7, 11) is 1.55. The number of nitrogens with one attached hydrogen (secondary N) is 1. The SMILES string of the molecule is COc1ccc(NC(=O)c2ccc(C(C)C)cc2)cn1. The van der Waals surface area contributed by atoms with E-state index in [0.29, 0.717) is 23.0 Å². The van der Waals surface area contributed by atoms with Gasteiger partial charge in [-0.1, -0.05) is 26.0 Å². The molecule has 1 aromatic heterocycles.